The van der Waals surface area contributed by atoms with Gasteiger partial charge in [0.25, 0.3) is 11.8 Å². The Hall–Kier alpha value is -3.02. The maximum atomic E-state index is 13.0. The van der Waals surface area contributed by atoms with Crippen LogP contribution in [-0.2, 0) is 0 Å². The van der Waals surface area contributed by atoms with Gasteiger partial charge in [0.15, 0.2) is 0 Å². The van der Waals surface area contributed by atoms with Gasteiger partial charge in [-0.1, -0.05) is 20.3 Å². The maximum Gasteiger partial charge on any atom is 0.255 e. The normalized spacial score (nSPS) is 14.2. The molecule has 1 heterocycles. The van der Waals surface area contributed by atoms with Gasteiger partial charge in [-0.3, -0.25) is 9.59 Å². The number of carbonyl (C=O) groups excluding carboxylic acids is 2. The van der Waals surface area contributed by atoms with E-state index in [1.54, 1.807) is 18.2 Å². The van der Waals surface area contributed by atoms with Crippen molar-refractivity contribution in [3.05, 3.63) is 53.6 Å². The van der Waals surface area contributed by atoms with E-state index >= 15 is 0 Å². The minimum atomic E-state index is -0.215. The number of amides is 2. The maximum absolute atomic E-state index is 13.0. The second kappa shape index (κ2) is 11.6. The van der Waals surface area contributed by atoms with Gasteiger partial charge < -0.3 is 20.3 Å². The van der Waals surface area contributed by atoms with Crippen molar-refractivity contribution in [1.82, 2.24) is 5.32 Å². The van der Waals surface area contributed by atoms with Crippen molar-refractivity contribution in [2.24, 2.45) is 0 Å². The van der Waals surface area contributed by atoms with E-state index in [2.05, 4.69) is 22.5 Å². The van der Waals surface area contributed by atoms with Crippen LogP contribution >= 0.6 is 0 Å². The summed E-state index contributed by atoms with van der Waals surface area (Å²) in [6.07, 6.45) is 5.20. The van der Waals surface area contributed by atoms with E-state index in [4.69, 9.17) is 4.74 Å². The minimum absolute atomic E-state index is 0.0882. The first-order valence-corrected chi connectivity index (χ1v) is 11.8. The molecule has 1 aliphatic rings. The summed E-state index contributed by atoms with van der Waals surface area (Å²) >= 11 is 0. The Labute approximate surface area is 191 Å². The average Bonchev–Trinajstić information content (AvgIpc) is 3.34. The molecule has 6 nitrogen and oxygen atoms in total. The number of nitrogens with one attached hydrogen (secondary N) is 2. The molecular formula is C26H35N3O3. The molecule has 2 aromatic rings. The van der Waals surface area contributed by atoms with Gasteiger partial charge in [0.2, 0.25) is 0 Å². The molecule has 0 radical (unpaired) electrons. The van der Waals surface area contributed by atoms with E-state index in [0.29, 0.717) is 23.4 Å². The fourth-order valence-electron chi connectivity index (χ4n) is 3.67. The zero-order valence-electron chi connectivity index (χ0n) is 19.4. The third kappa shape index (κ3) is 6.25. The molecular weight excluding hydrogens is 402 g/mol. The fraction of sp³-hybridized carbons (Fsp3) is 0.462. The molecule has 0 aliphatic carbocycles. The summed E-state index contributed by atoms with van der Waals surface area (Å²) in [6, 6.07) is 12.8. The number of rotatable bonds is 10. The number of carbonyl (C=O) groups is 2. The molecule has 6 heteroatoms. The summed E-state index contributed by atoms with van der Waals surface area (Å²) in [4.78, 5) is 28.0. The summed E-state index contributed by atoms with van der Waals surface area (Å²) in [5.74, 6) is 0.437. The van der Waals surface area contributed by atoms with Gasteiger partial charge >= 0.3 is 0 Å². The molecule has 1 atom stereocenters. The Morgan fingerprint density at radius 3 is 2.41 bits per heavy atom. The van der Waals surface area contributed by atoms with Gasteiger partial charge in [-0.05, 0) is 75.1 Å². The lowest BCUT2D eigenvalue weighted by atomic mass is 10.1. The van der Waals surface area contributed by atoms with E-state index in [1.165, 1.54) is 0 Å². The Morgan fingerprint density at radius 1 is 1.03 bits per heavy atom. The van der Waals surface area contributed by atoms with Crippen molar-refractivity contribution in [2.75, 3.05) is 29.9 Å². The number of hydrogen-bond acceptors (Lipinski definition) is 4. The smallest absolute Gasteiger partial charge is 0.255 e. The highest BCUT2D eigenvalue weighted by Gasteiger charge is 2.21. The molecule has 3 rings (SSSR count). The van der Waals surface area contributed by atoms with Crippen LogP contribution in [0.5, 0.6) is 5.75 Å². The van der Waals surface area contributed by atoms with Crippen LogP contribution in [-0.4, -0.2) is 37.6 Å². The summed E-state index contributed by atoms with van der Waals surface area (Å²) in [5.41, 5.74) is 2.68. The summed E-state index contributed by atoms with van der Waals surface area (Å²) < 4.78 is 5.66. The lowest BCUT2D eigenvalue weighted by molar-refractivity contribution is 0.0938. The third-order valence-electron chi connectivity index (χ3n) is 5.82. The quantitative estimate of drug-likeness (QED) is 0.498. The first-order valence-electron chi connectivity index (χ1n) is 11.8. The molecule has 172 valence electrons. The molecule has 2 amide bonds. The first-order chi connectivity index (χ1) is 15.5. The van der Waals surface area contributed by atoms with Crippen molar-refractivity contribution < 1.29 is 14.3 Å². The van der Waals surface area contributed by atoms with Crippen LogP contribution in [0.1, 0.15) is 73.6 Å². The highest BCUT2D eigenvalue weighted by atomic mass is 16.5. The SMILES string of the molecule is CCCCOc1ccc(C(=O)Nc2ccc(N3CCCC3)c(C(=O)NC(C)CC)c2)cc1. The van der Waals surface area contributed by atoms with Crippen LogP contribution in [0, 0.1) is 0 Å². The van der Waals surface area contributed by atoms with Crippen LogP contribution in [0.3, 0.4) is 0 Å². The lowest BCUT2D eigenvalue weighted by Crippen LogP contribution is -2.33. The molecule has 1 unspecified atom stereocenters. The zero-order chi connectivity index (χ0) is 22.9. The Balaban J connectivity index is 1.74. The standard InChI is InChI=1S/C26H35N3O3/c1-4-6-17-32-22-12-9-20(10-13-22)25(30)28-21-11-14-24(29-15-7-8-16-29)23(18-21)26(31)27-19(3)5-2/h9-14,18-19H,4-8,15-17H2,1-3H3,(H,27,31)(H,28,30). The van der Waals surface area contributed by atoms with Gasteiger partial charge in [-0.15, -0.1) is 0 Å². The molecule has 1 aliphatic heterocycles. The monoisotopic (exact) mass is 437 g/mol. The molecule has 0 aromatic heterocycles. The van der Waals surface area contributed by atoms with Crippen LogP contribution < -0.4 is 20.3 Å². The van der Waals surface area contributed by atoms with E-state index in [9.17, 15) is 9.59 Å². The van der Waals surface area contributed by atoms with Crippen molar-refractivity contribution >= 4 is 23.2 Å². The summed E-state index contributed by atoms with van der Waals surface area (Å²) in [6.45, 7) is 8.72. The van der Waals surface area contributed by atoms with Crippen LogP contribution in [0.25, 0.3) is 0 Å². The van der Waals surface area contributed by atoms with Crippen molar-refractivity contribution in [3.63, 3.8) is 0 Å². The number of benzene rings is 2. The number of hydrogen-bond donors (Lipinski definition) is 2. The van der Waals surface area contributed by atoms with Gasteiger partial charge in [0.05, 0.1) is 12.2 Å². The predicted octanol–water partition coefficient (Wildman–Crippen LogP) is 5.25. The topological polar surface area (TPSA) is 70.7 Å². The largest absolute Gasteiger partial charge is 0.494 e. The minimum Gasteiger partial charge on any atom is -0.494 e. The molecule has 2 N–H and O–H groups in total. The molecule has 32 heavy (non-hydrogen) atoms. The average molecular weight is 438 g/mol. The summed E-state index contributed by atoms with van der Waals surface area (Å²) in [7, 11) is 0. The molecule has 1 saturated heterocycles. The zero-order valence-corrected chi connectivity index (χ0v) is 19.4. The third-order valence-corrected chi connectivity index (χ3v) is 5.82. The van der Waals surface area contributed by atoms with E-state index in [1.807, 2.05) is 38.1 Å². The first kappa shape index (κ1) is 23.6. The molecule has 2 aromatic carbocycles. The van der Waals surface area contributed by atoms with E-state index < -0.39 is 0 Å². The summed E-state index contributed by atoms with van der Waals surface area (Å²) in [5, 5.41) is 5.99. The fourth-order valence-corrected chi connectivity index (χ4v) is 3.67. The number of unbranched alkanes of at least 4 members (excludes halogenated alkanes) is 1. The molecule has 0 bridgehead atoms. The number of ether oxygens (including phenoxy) is 1. The lowest BCUT2D eigenvalue weighted by Gasteiger charge is -2.23. The highest BCUT2D eigenvalue weighted by molar-refractivity contribution is 6.06. The highest BCUT2D eigenvalue weighted by Crippen LogP contribution is 2.28. The number of nitrogens with zero attached hydrogens (tertiary/aromatic N) is 1. The Morgan fingerprint density at radius 2 is 1.75 bits per heavy atom. The van der Waals surface area contributed by atoms with Crippen molar-refractivity contribution in [1.29, 1.82) is 0 Å². The van der Waals surface area contributed by atoms with Gasteiger partial charge in [-0.25, -0.2) is 0 Å². The van der Waals surface area contributed by atoms with E-state index in [-0.39, 0.29) is 17.9 Å². The van der Waals surface area contributed by atoms with E-state index in [0.717, 1.165) is 56.6 Å². The Kier molecular flexibility index (Phi) is 8.54. The van der Waals surface area contributed by atoms with Crippen LogP contribution in [0.4, 0.5) is 11.4 Å². The second-order valence-electron chi connectivity index (χ2n) is 8.39. The van der Waals surface area contributed by atoms with Crippen molar-refractivity contribution in [3.8, 4) is 5.75 Å². The molecule has 1 fully saturated rings. The van der Waals surface area contributed by atoms with Gasteiger partial charge in [0, 0.05) is 36.1 Å². The second-order valence-corrected chi connectivity index (χ2v) is 8.39. The molecule has 0 spiro atoms. The predicted molar refractivity (Wildman–Crippen MR) is 130 cm³/mol. The van der Waals surface area contributed by atoms with Crippen LogP contribution in [0.15, 0.2) is 42.5 Å². The van der Waals surface area contributed by atoms with Gasteiger partial charge in [-0.2, -0.15) is 0 Å². The van der Waals surface area contributed by atoms with Gasteiger partial charge in [0.1, 0.15) is 5.75 Å². The molecule has 0 saturated carbocycles. The van der Waals surface area contributed by atoms with Crippen molar-refractivity contribution in [2.45, 2.75) is 58.9 Å². The van der Waals surface area contributed by atoms with Crippen LogP contribution in [0.2, 0.25) is 0 Å². The Bertz CT molecular complexity index is 905. The number of anilines is 2.